The molecule has 0 saturated carbocycles. The van der Waals surface area contributed by atoms with E-state index in [2.05, 4.69) is 9.97 Å². The summed E-state index contributed by atoms with van der Waals surface area (Å²) in [5.41, 5.74) is 9.22. The molecule has 1 amide bonds. The topological polar surface area (TPSA) is 76.5 Å². The Morgan fingerprint density at radius 2 is 2.03 bits per heavy atom. The summed E-state index contributed by atoms with van der Waals surface area (Å²) in [6.45, 7) is 2.31. The Labute approximate surface area is 181 Å². The molecule has 6 nitrogen and oxygen atoms in total. The first-order valence-corrected chi connectivity index (χ1v) is 10.3. The van der Waals surface area contributed by atoms with Gasteiger partial charge in [0.15, 0.2) is 0 Å². The van der Waals surface area contributed by atoms with E-state index in [1.54, 1.807) is 40.0 Å². The number of fused-ring (bicyclic) bond motifs is 4. The van der Waals surface area contributed by atoms with Crippen molar-refractivity contribution in [3.05, 3.63) is 71.2 Å². The third-order valence-electron chi connectivity index (χ3n) is 6.12. The van der Waals surface area contributed by atoms with Crippen molar-refractivity contribution in [2.45, 2.75) is 32.0 Å². The molecule has 0 spiro atoms. The number of aromatic nitrogens is 3. The van der Waals surface area contributed by atoms with Gasteiger partial charge in [0.25, 0.3) is 5.91 Å². The summed E-state index contributed by atoms with van der Waals surface area (Å²) in [5.74, 6) is 0.169. The van der Waals surface area contributed by atoms with Gasteiger partial charge in [0.1, 0.15) is 11.3 Å². The van der Waals surface area contributed by atoms with Crippen LogP contribution in [0, 0.1) is 0 Å². The van der Waals surface area contributed by atoms with Crippen LogP contribution in [0.4, 0.5) is 19.0 Å². The molecule has 1 aliphatic rings. The van der Waals surface area contributed by atoms with Crippen LogP contribution < -0.4 is 5.73 Å². The summed E-state index contributed by atoms with van der Waals surface area (Å²) in [6.07, 6.45) is -0.0568. The molecule has 0 radical (unpaired) electrons. The Morgan fingerprint density at radius 1 is 1.22 bits per heavy atom. The SMILES string of the molecule is CCN(C(=O)c1ccc2nc(N)c3cncn3c2c1)C1CCc2cc(C(F)(F)F)ccc21. The standard InChI is InChI=1S/C23H20F3N5O/c1-2-30(18-8-4-13-9-15(23(24,25)26)5-6-16(13)18)22(32)14-3-7-17-19(10-14)31-12-28-11-20(31)21(27)29-17/h3,5-7,9-12,18H,2,4,8H2,1H3,(H2,27,29). The number of halogens is 3. The van der Waals surface area contributed by atoms with Crippen molar-refractivity contribution in [2.24, 2.45) is 0 Å². The smallest absolute Gasteiger partial charge is 0.382 e. The molecule has 0 saturated heterocycles. The van der Waals surface area contributed by atoms with Crippen molar-refractivity contribution in [3.8, 4) is 0 Å². The van der Waals surface area contributed by atoms with Crippen molar-refractivity contribution in [2.75, 3.05) is 12.3 Å². The lowest BCUT2D eigenvalue weighted by Crippen LogP contribution is -2.34. The summed E-state index contributed by atoms with van der Waals surface area (Å²) >= 11 is 0. The zero-order valence-electron chi connectivity index (χ0n) is 17.2. The molecule has 9 heteroatoms. The van der Waals surface area contributed by atoms with Gasteiger partial charge in [-0.3, -0.25) is 9.20 Å². The molecule has 164 valence electrons. The van der Waals surface area contributed by atoms with Gasteiger partial charge in [-0.15, -0.1) is 0 Å². The Hall–Kier alpha value is -3.62. The van der Waals surface area contributed by atoms with Crippen LogP contribution in [0.1, 0.15) is 46.4 Å². The van der Waals surface area contributed by atoms with E-state index in [9.17, 15) is 18.0 Å². The van der Waals surface area contributed by atoms with Gasteiger partial charge in [0.2, 0.25) is 0 Å². The van der Waals surface area contributed by atoms with Gasteiger partial charge in [-0.25, -0.2) is 9.97 Å². The Bertz CT molecular complexity index is 1360. The first kappa shape index (κ1) is 20.3. The van der Waals surface area contributed by atoms with Crippen molar-refractivity contribution in [1.82, 2.24) is 19.3 Å². The van der Waals surface area contributed by atoms with E-state index in [-0.39, 0.29) is 11.9 Å². The number of hydrogen-bond acceptors (Lipinski definition) is 4. The highest BCUT2D eigenvalue weighted by Gasteiger charge is 2.35. The van der Waals surface area contributed by atoms with Crippen LogP contribution in [-0.4, -0.2) is 31.7 Å². The molecule has 0 fully saturated rings. The fourth-order valence-electron chi connectivity index (χ4n) is 4.57. The van der Waals surface area contributed by atoms with Gasteiger partial charge in [-0.05, 0) is 61.2 Å². The number of benzene rings is 2. The second-order valence-corrected chi connectivity index (χ2v) is 7.91. The number of nitrogens with two attached hydrogens (primary N) is 1. The van der Waals surface area contributed by atoms with Gasteiger partial charge in [0.05, 0.1) is 35.2 Å². The summed E-state index contributed by atoms with van der Waals surface area (Å²) in [6, 6.07) is 8.73. The van der Waals surface area contributed by atoms with E-state index in [1.165, 1.54) is 12.1 Å². The third kappa shape index (κ3) is 3.16. The summed E-state index contributed by atoms with van der Waals surface area (Å²) in [5, 5.41) is 0. The minimum Gasteiger partial charge on any atom is -0.382 e. The third-order valence-corrected chi connectivity index (χ3v) is 6.12. The predicted molar refractivity (Wildman–Crippen MR) is 114 cm³/mol. The van der Waals surface area contributed by atoms with Gasteiger partial charge in [-0.2, -0.15) is 13.2 Å². The Morgan fingerprint density at radius 3 is 2.78 bits per heavy atom. The van der Waals surface area contributed by atoms with Crippen molar-refractivity contribution >= 4 is 28.3 Å². The second-order valence-electron chi connectivity index (χ2n) is 7.91. The fraction of sp³-hybridized carbons (Fsp3) is 0.261. The zero-order valence-corrected chi connectivity index (χ0v) is 17.2. The molecule has 0 bridgehead atoms. The zero-order chi connectivity index (χ0) is 22.6. The van der Waals surface area contributed by atoms with E-state index < -0.39 is 11.7 Å². The lowest BCUT2D eigenvalue weighted by molar-refractivity contribution is -0.137. The highest BCUT2D eigenvalue weighted by molar-refractivity contribution is 5.98. The van der Waals surface area contributed by atoms with E-state index in [1.807, 2.05) is 6.92 Å². The number of amides is 1. The van der Waals surface area contributed by atoms with Crippen LogP contribution in [0.2, 0.25) is 0 Å². The summed E-state index contributed by atoms with van der Waals surface area (Å²) in [7, 11) is 0. The number of imidazole rings is 1. The highest BCUT2D eigenvalue weighted by Crippen LogP contribution is 2.40. The molecule has 5 rings (SSSR count). The Kier molecular flexibility index (Phi) is 4.58. The molecular formula is C23H20F3N5O. The molecular weight excluding hydrogens is 419 g/mol. The number of nitrogen functional groups attached to an aromatic ring is 1. The lowest BCUT2D eigenvalue weighted by Gasteiger charge is -2.29. The minimum atomic E-state index is -4.38. The maximum atomic E-state index is 13.5. The minimum absolute atomic E-state index is 0.183. The van der Waals surface area contributed by atoms with Gasteiger partial charge < -0.3 is 10.6 Å². The average molecular weight is 439 g/mol. The second kappa shape index (κ2) is 7.22. The average Bonchev–Trinajstić information content (AvgIpc) is 3.41. The fourth-order valence-corrected chi connectivity index (χ4v) is 4.57. The van der Waals surface area contributed by atoms with Crippen LogP contribution in [-0.2, 0) is 12.6 Å². The molecule has 0 aliphatic heterocycles. The number of carbonyl (C=O) groups excluding carboxylic acids is 1. The van der Waals surface area contributed by atoms with Crippen LogP contribution in [0.3, 0.4) is 0 Å². The van der Waals surface area contributed by atoms with E-state index >= 15 is 0 Å². The Balaban J connectivity index is 1.52. The van der Waals surface area contributed by atoms with Crippen LogP contribution in [0.15, 0.2) is 48.9 Å². The molecule has 2 aromatic carbocycles. The molecule has 1 atom stereocenters. The van der Waals surface area contributed by atoms with E-state index in [0.29, 0.717) is 52.9 Å². The van der Waals surface area contributed by atoms with Crippen LogP contribution in [0.5, 0.6) is 0 Å². The number of aryl methyl sites for hydroxylation is 1. The number of hydrogen-bond donors (Lipinski definition) is 1. The van der Waals surface area contributed by atoms with E-state index in [4.69, 9.17) is 5.73 Å². The molecule has 2 heterocycles. The number of rotatable bonds is 3. The first-order valence-electron chi connectivity index (χ1n) is 10.3. The largest absolute Gasteiger partial charge is 0.416 e. The molecule has 2 aromatic heterocycles. The quantitative estimate of drug-likeness (QED) is 0.505. The number of anilines is 1. The van der Waals surface area contributed by atoms with Crippen molar-refractivity contribution in [3.63, 3.8) is 0 Å². The van der Waals surface area contributed by atoms with E-state index in [0.717, 1.165) is 11.6 Å². The molecule has 2 N–H and O–H groups in total. The summed E-state index contributed by atoms with van der Waals surface area (Å²) < 4.78 is 41.0. The maximum absolute atomic E-state index is 13.5. The summed E-state index contributed by atoms with van der Waals surface area (Å²) in [4.78, 5) is 23.7. The molecule has 4 aromatic rings. The van der Waals surface area contributed by atoms with Crippen LogP contribution in [0.25, 0.3) is 16.6 Å². The van der Waals surface area contributed by atoms with Crippen molar-refractivity contribution in [1.29, 1.82) is 0 Å². The number of alkyl halides is 3. The molecule has 32 heavy (non-hydrogen) atoms. The number of carbonyl (C=O) groups is 1. The normalized spacial score (nSPS) is 15.9. The molecule has 1 aliphatic carbocycles. The van der Waals surface area contributed by atoms with Crippen LogP contribution >= 0.6 is 0 Å². The highest BCUT2D eigenvalue weighted by atomic mass is 19.4. The van der Waals surface area contributed by atoms with Crippen molar-refractivity contribution < 1.29 is 18.0 Å². The first-order chi connectivity index (χ1) is 15.3. The maximum Gasteiger partial charge on any atom is 0.416 e. The lowest BCUT2D eigenvalue weighted by atomic mass is 10.0. The van der Waals surface area contributed by atoms with Gasteiger partial charge >= 0.3 is 6.18 Å². The predicted octanol–water partition coefficient (Wildman–Crippen LogP) is 4.63. The van der Waals surface area contributed by atoms with Gasteiger partial charge in [-0.1, -0.05) is 6.07 Å². The molecule has 1 unspecified atom stereocenters. The monoisotopic (exact) mass is 439 g/mol. The number of nitrogens with zero attached hydrogens (tertiary/aromatic N) is 4. The van der Waals surface area contributed by atoms with Gasteiger partial charge in [0, 0.05) is 12.1 Å².